The summed E-state index contributed by atoms with van der Waals surface area (Å²) in [6.45, 7) is 6.45. The molecular formula is C6H15N2. The average Bonchev–Trinajstić information content (AvgIpc) is 1.83. The van der Waals surface area contributed by atoms with E-state index < -0.39 is 0 Å². The van der Waals surface area contributed by atoms with Crippen molar-refractivity contribution in [1.29, 1.82) is 0 Å². The van der Waals surface area contributed by atoms with Crippen LogP contribution in [0.25, 0.3) is 0 Å². The highest BCUT2D eigenvalue weighted by atomic mass is 15.1. The fraction of sp³-hybridized carbons (Fsp3) is 0.833. The van der Waals surface area contributed by atoms with Crippen molar-refractivity contribution in [2.24, 2.45) is 5.73 Å². The monoisotopic (exact) mass is 115 g/mol. The molecule has 0 rings (SSSR count). The zero-order valence-electron chi connectivity index (χ0n) is 5.56. The van der Waals surface area contributed by atoms with Crippen LogP contribution >= 0.6 is 0 Å². The van der Waals surface area contributed by atoms with Gasteiger partial charge in [-0.2, -0.15) is 0 Å². The van der Waals surface area contributed by atoms with Gasteiger partial charge in [-0.1, -0.05) is 0 Å². The molecule has 2 N–H and O–H groups in total. The van der Waals surface area contributed by atoms with E-state index in [9.17, 15) is 0 Å². The Morgan fingerprint density at radius 3 is 2.62 bits per heavy atom. The first-order valence-electron chi connectivity index (χ1n) is 2.99. The fourth-order valence-electron chi connectivity index (χ4n) is 0.473. The van der Waals surface area contributed by atoms with Gasteiger partial charge in [0.05, 0.1) is 0 Å². The Morgan fingerprint density at radius 1 is 1.62 bits per heavy atom. The lowest BCUT2D eigenvalue weighted by molar-refractivity contribution is 0.365. The summed E-state index contributed by atoms with van der Waals surface area (Å²) in [5.74, 6) is 0. The van der Waals surface area contributed by atoms with Gasteiger partial charge >= 0.3 is 0 Å². The van der Waals surface area contributed by atoms with Gasteiger partial charge in [0.25, 0.3) is 0 Å². The molecular weight excluding hydrogens is 100 g/mol. The average molecular weight is 115 g/mol. The highest BCUT2D eigenvalue weighted by Crippen LogP contribution is 1.81. The summed E-state index contributed by atoms with van der Waals surface area (Å²) in [6.07, 6.45) is 1.08. The SMILES string of the molecule is [CH2]CN(C)CCCN. The molecule has 0 bridgehead atoms. The Labute approximate surface area is 51.7 Å². The Hall–Kier alpha value is -0.0800. The van der Waals surface area contributed by atoms with E-state index in [0.717, 1.165) is 26.1 Å². The highest BCUT2D eigenvalue weighted by molar-refractivity contribution is 4.51. The van der Waals surface area contributed by atoms with Crippen LogP contribution in [0.3, 0.4) is 0 Å². The third-order valence-electron chi connectivity index (χ3n) is 1.13. The van der Waals surface area contributed by atoms with Crippen molar-refractivity contribution < 1.29 is 0 Å². The molecule has 0 aliphatic carbocycles. The predicted octanol–water partition coefficient (Wildman–Crippen LogP) is 0.101. The van der Waals surface area contributed by atoms with Crippen LogP contribution in [-0.2, 0) is 0 Å². The molecule has 0 saturated heterocycles. The van der Waals surface area contributed by atoms with Gasteiger partial charge in [-0.25, -0.2) is 0 Å². The van der Waals surface area contributed by atoms with E-state index in [1.807, 2.05) is 7.05 Å². The zero-order valence-corrected chi connectivity index (χ0v) is 5.56. The molecule has 0 unspecified atom stereocenters. The summed E-state index contributed by atoms with van der Waals surface area (Å²) in [6, 6.07) is 0. The summed E-state index contributed by atoms with van der Waals surface area (Å²) >= 11 is 0. The quantitative estimate of drug-likeness (QED) is 0.563. The Kier molecular flexibility index (Phi) is 5.01. The maximum atomic E-state index is 5.28. The van der Waals surface area contributed by atoms with E-state index in [1.54, 1.807) is 0 Å². The van der Waals surface area contributed by atoms with Gasteiger partial charge in [0.1, 0.15) is 0 Å². The molecule has 0 fully saturated rings. The minimum Gasteiger partial charge on any atom is -0.330 e. The number of nitrogens with two attached hydrogens (primary N) is 1. The molecule has 2 heteroatoms. The third-order valence-corrected chi connectivity index (χ3v) is 1.13. The smallest absolute Gasteiger partial charge is 0.000977 e. The normalized spacial score (nSPS) is 10.5. The van der Waals surface area contributed by atoms with Gasteiger partial charge in [-0.15, -0.1) is 0 Å². The topological polar surface area (TPSA) is 29.3 Å². The highest BCUT2D eigenvalue weighted by Gasteiger charge is 1.89. The Morgan fingerprint density at radius 2 is 2.25 bits per heavy atom. The first kappa shape index (κ1) is 7.92. The van der Waals surface area contributed by atoms with E-state index in [-0.39, 0.29) is 0 Å². The lowest BCUT2D eigenvalue weighted by Gasteiger charge is -2.11. The van der Waals surface area contributed by atoms with Gasteiger partial charge in [-0.05, 0) is 40.0 Å². The summed E-state index contributed by atoms with van der Waals surface area (Å²) in [7, 11) is 2.04. The largest absolute Gasteiger partial charge is 0.330 e. The van der Waals surface area contributed by atoms with Crippen LogP contribution in [0.5, 0.6) is 0 Å². The van der Waals surface area contributed by atoms with Crippen molar-refractivity contribution in [2.45, 2.75) is 6.42 Å². The van der Waals surface area contributed by atoms with Crippen molar-refractivity contribution in [1.82, 2.24) is 4.90 Å². The van der Waals surface area contributed by atoms with Crippen LogP contribution in [0.1, 0.15) is 6.42 Å². The van der Waals surface area contributed by atoms with Gasteiger partial charge < -0.3 is 10.6 Å². The number of rotatable bonds is 4. The van der Waals surface area contributed by atoms with E-state index in [1.165, 1.54) is 0 Å². The minimum absolute atomic E-state index is 0.782. The van der Waals surface area contributed by atoms with Gasteiger partial charge in [-0.3, -0.25) is 0 Å². The van der Waals surface area contributed by atoms with Crippen molar-refractivity contribution >= 4 is 0 Å². The summed E-state index contributed by atoms with van der Waals surface area (Å²) in [4.78, 5) is 2.15. The van der Waals surface area contributed by atoms with Crippen LogP contribution in [-0.4, -0.2) is 31.6 Å². The molecule has 0 amide bonds. The lowest BCUT2D eigenvalue weighted by Crippen LogP contribution is -2.21. The molecule has 0 saturated carbocycles. The molecule has 1 radical (unpaired) electrons. The van der Waals surface area contributed by atoms with Gasteiger partial charge in [0.15, 0.2) is 0 Å². The molecule has 0 spiro atoms. The molecule has 0 aromatic carbocycles. The van der Waals surface area contributed by atoms with Crippen molar-refractivity contribution in [3.63, 3.8) is 0 Å². The predicted molar refractivity (Wildman–Crippen MR) is 36.5 cm³/mol. The van der Waals surface area contributed by atoms with E-state index in [2.05, 4.69) is 11.8 Å². The third kappa shape index (κ3) is 4.09. The minimum atomic E-state index is 0.782. The van der Waals surface area contributed by atoms with Crippen molar-refractivity contribution in [2.75, 3.05) is 26.7 Å². The van der Waals surface area contributed by atoms with Crippen LogP contribution in [0.2, 0.25) is 0 Å². The molecule has 0 aromatic heterocycles. The second-order valence-electron chi connectivity index (χ2n) is 1.95. The number of hydrogen-bond acceptors (Lipinski definition) is 2. The van der Waals surface area contributed by atoms with Crippen LogP contribution in [0.15, 0.2) is 0 Å². The van der Waals surface area contributed by atoms with Crippen LogP contribution in [0.4, 0.5) is 0 Å². The molecule has 0 heterocycles. The second-order valence-corrected chi connectivity index (χ2v) is 1.95. The maximum Gasteiger partial charge on any atom is -0.000977 e. The summed E-state index contributed by atoms with van der Waals surface area (Å²) in [5, 5.41) is 0. The van der Waals surface area contributed by atoms with Crippen molar-refractivity contribution in [3.05, 3.63) is 6.92 Å². The van der Waals surface area contributed by atoms with Gasteiger partial charge in [0.2, 0.25) is 0 Å². The van der Waals surface area contributed by atoms with Crippen LogP contribution < -0.4 is 5.73 Å². The maximum absolute atomic E-state index is 5.28. The summed E-state index contributed by atoms with van der Waals surface area (Å²) < 4.78 is 0. The number of hydrogen-bond donors (Lipinski definition) is 1. The lowest BCUT2D eigenvalue weighted by atomic mass is 10.4. The number of nitrogens with zero attached hydrogens (tertiary/aromatic N) is 1. The summed E-state index contributed by atoms with van der Waals surface area (Å²) in [5.41, 5.74) is 5.28. The van der Waals surface area contributed by atoms with Gasteiger partial charge in [0, 0.05) is 0 Å². The van der Waals surface area contributed by atoms with E-state index in [4.69, 9.17) is 5.73 Å². The molecule has 0 aliphatic heterocycles. The Bertz CT molecular complexity index is 45.8. The molecule has 0 aromatic rings. The standard InChI is InChI=1S/C6H15N2/c1-3-8(2)6-4-5-7/h1,3-7H2,2H3. The first-order chi connectivity index (χ1) is 3.81. The zero-order chi connectivity index (χ0) is 6.41. The van der Waals surface area contributed by atoms with Crippen LogP contribution in [0, 0.1) is 6.92 Å². The Balaban J connectivity index is 2.86. The van der Waals surface area contributed by atoms with E-state index in [0.29, 0.717) is 0 Å². The molecule has 2 nitrogen and oxygen atoms in total. The molecule has 49 valence electrons. The molecule has 0 aliphatic rings. The fourth-order valence-corrected chi connectivity index (χ4v) is 0.473. The van der Waals surface area contributed by atoms with Crippen molar-refractivity contribution in [3.8, 4) is 0 Å². The first-order valence-corrected chi connectivity index (χ1v) is 2.99. The van der Waals surface area contributed by atoms with E-state index >= 15 is 0 Å². The molecule has 0 atom stereocenters. The molecule has 8 heavy (non-hydrogen) atoms. The second kappa shape index (κ2) is 5.06.